The number of rotatable bonds is 10. The van der Waals surface area contributed by atoms with Crippen LogP contribution in [0, 0.1) is 0 Å². The maximum absolute atomic E-state index is 6.06. The first-order valence-corrected chi connectivity index (χ1v) is 8.64. The van der Waals surface area contributed by atoms with Gasteiger partial charge in [-0.1, -0.05) is 75.6 Å². The van der Waals surface area contributed by atoms with Crippen LogP contribution in [0.15, 0.2) is 18.2 Å². The van der Waals surface area contributed by atoms with Gasteiger partial charge in [0.05, 0.1) is 0 Å². The fourth-order valence-corrected chi connectivity index (χ4v) is 2.97. The lowest BCUT2D eigenvalue weighted by molar-refractivity contribution is 0.526. The summed E-state index contributed by atoms with van der Waals surface area (Å²) in [5.74, 6) is 0. The first-order chi connectivity index (χ1) is 9.65. The molecule has 1 N–H and O–H groups in total. The standard InChI is InChI=1S/C17H27Cl2N/c1-3-5-7-9-16(10-8-6-4-2)20-17-12-14(18)11-15(19)13-17/h11-13,16,20H,3-10H2,1-2H3. The Kier molecular flexibility index (Phi) is 9.13. The van der Waals surface area contributed by atoms with E-state index in [9.17, 15) is 0 Å². The summed E-state index contributed by atoms with van der Waals surface area (Å²) in [5.41, 5.74) is 1.04. The maximum atomic E-state index is 6.06. The van der Waals surface area contributed by atoms with E-state index in [-0.39, 0.29) is 0 Å². The van der Waals surface area contributed by atoms with Crippen molar-refractivity contribution in [1.82, 2.24) is 0 Å². The fraction of sp³-hybridized carbons (Fsp3) is 0.647. The van der Waals surface area contributed by atoms with E-state index < -0.39 is 0 Å². The highest BCUT2D eigenvalue weighted by atomic mass is 35.5. The molecule has 1 aromatic carbocycles. The van der Waals surface area contributed by atoms with Crippen LogP contribution in [0.4, 0.5) is 5.69 Å². The topological polar surface area (TPSA) is 12.0 Å². The van der Waals surface area contributed by atoms with E-state index in [0.29, 0.717) is 16.1 Å². The van der Waals surface area contributed by atoms with Crippen LogP contribution in [-0.4, -0.2) is 6.04 Å². The number of unbranched alkanes of at least 4 members (excludes halogenated alkanes) is 4. The number of hydrogen-bond acceptors (Lipinski definition) is 1. The van der Waals surface area contributed by atoms with Crippen LogP contribution >= 0.6 is 23.2 Å². The molecule has 114 valence electrons. The van der Waals surface area contributed by atoms with Gasteiger partial charge in [-0.3, -0.25) is 0 Å². The number of benzene rings is 1. The van der Waals surface area contributed by atoms with Crippen molar-refractivity contribution < 1.29 is 0 Å². The van der Waals surface area contributed by atoms with Gasteiger partial charge in [0, 0.05) is 21.8 Å². The van der Waals surface area contributed by atoms with Crippen molar-refractivity contribution >= 4 is 28.9 Å². The summed E-state index contributed by atoms with van der Waals surface area (Å²) in [6, 6.07) is 6.22. The monoisotopic (exact) mass is 315 g/mol. The third-order valence-electron chi connectivity index (χ3n) is 3.55. The average molecular weight is 316 g/mol. The second-order valence-corrected chi connectivity index (χ2v) is 6.36. The molecule has 0 aromatic heterocycles. The Bertz CT molecular complexity index is 349. The molecule has 3 heteroatoms. The first-order valence-electron chi connectivity index (χ1n) is 7.88. The van der Waals surface area contributed by atoms with Crippen molar-refractivity contribution in [3.05, 3.63) is 28.2 Å². The Hall–Kier alpha value is -0.400. The van der Waals surface area contributed by atoms with Gasteiger partial charge in [0.2, 0.25) is 0 Å². The molecule has 0 unspecified atom stereocenters. The number of anilines is 1. The minimum Gasteiger partial charge on any atom is -0.382 e. The van der Waals surface area contributed by atoms with E-state index in [1.54, 1.807) is 6.07 Å². The van der Waals surface area contributed by atoms with Crippen molar-refractivity contribution in [1.29, 1.82) is 0 Å². The molecule has 0 spiro atoms. The average Bonchev–Trinajstić information content (AvgIpc) is 2.38. The van der Waals surface area contributed by atoms with Gasteiger partial charge in [0.25, 0.3) is 0 Å². The Morgan fingerprint density at radius 3 is 1.80 bits per heavy atom. The lowest BCUT2D eigenvalue weighted by Gasteiger charge is -2.20. The Morgan fingerprint density at radius 2 is 1.35 bits per heavy atom. The molecule has 0 fully saturated rings. The third-order valence-corrected chi connectivity index (χ3v) is 3.98. The maximum Gasteiger partial charge on any atom is 0.0441 e. The zero-order valence-corrected chi connectivity index (χ0v) is 14.2. The molecule has 0 saturated carbocycles. The molecular formula is C17H27Cl2N. The highest BCUT2D eigenvalue weighted by Gasteiger charge is 2.09. The molecule has 1 aromatic rings. The normalized spacial score (nSPS) is 11.1. The molecule has 0 saturated heterocycles. The van der Waals surface area contributed by atoms with Crippen LogP contribution in [0.25, 0.3) is 0 Å². The van der Waals surface area contributed by atoms with Crippen molar-refractivity contribution in [2.24, 2.45) is 0 Å². The summed E-state index contributed by atoms with van der Waals surface area (Å²) in [4.78, 5) is 0. The quantitative estimate of drug-likeness (QED) is 0.461. The molecule has 0 aliphatic heterocycles. The van der Waals surface area contributed by atoms with Crippen LogP contribution in [0.5, 0.6) is 0 Å². The van der Waals surface area contributed by atoms with Crippen LogP contribution in [0.1, 0.15) is 65.2 Å². The first kappa shape index (κ1) is 17.7. The number of nitrogens with one attached hydrogen (secondary N) is 1. The fourth-order valence-electron chi connectivity index (χ4n) is 2.44. The highest BCUT2D eigenvalue weighted by Crippen LogP contribution is 2.24. The Morgan fingerprint density at radius 1 is 0.850 bits per heavy atom. The highest BCUT2D eigenvalue weighted by molar-refractivity contribution is 6.35. The Balaban J connectivity index is 2.56. The van der Waals surface area contributed by atoms with E-state index in [1.807, 2.05) is 12.1 Å². The second kappa shape index (κ2) is 10.3. The van der Waals surface area contributed by atoms with Gasteiger partial charge < -0.3 is 5.32 Å². The SMILES string of the molecule is CCCCCC(CCCCC)Nc1cc(Cl)cc(Cl)c1. The summed E-state index contributed by atoms with van der Waals surface area (Å²) >= 11 is 12.1. The molecular weight excluding hydrogens is 289 g/mol. The van der Waals surface area contributed by atoms with Gasteiger partial charge >= 0.3 is 0 Å². The summed E-state index contributed by atoms with van der Waals surface area (Å²) in [6.45, 7) is 4.49. The lowest BCUT2D eigenvalue weighted by Crippen LogP contribution is -2.19. The van der Waals surface area contributed by atoms with Crippen LogP contribution in [-0.2, 0) is 0 Å². The van der Waals surface area contributed by atoms with E-state index in [0.717, 1.165) is 5.69 Å². The van der Waals surface area contributed by atoms with Gasteiger partial charge in [0.15, 0.2) is 0 Å². The second-order valence-electron chi connectivity index (χ2n) is 5.49. The minimum atomic E-state index is 0.530. The van der Waals surface area contributed by atoms with Gasteiger partial charge in [-0.05, 0) is 31.0 Å². The van der Waals surface area contributed by atoms with E-state index in [4.69, 9.17) is 23.2 Å². The molecule has 0 atom stereocenters. The van der Waals surface area contributed by atoms with E-state index in [1.165, 1.54) is 51.4 Å². The largest absolute Gasteiger partial charge is 0.382 e. The predicted molar refractivity (Wildman–Crippen MR) is 92.2 cm³/mol. The van der Waals surface area contributed by atoms with Crippen molar-refractivity contribution in [3.8, 4) is 0 Å². The van der Waals surface area contributed by atoms with E-state index in [2.05, 4.69) is 19.2 Å². The summed E-state index contributed by atoms with van der Waals surface area (Å²) < 4.78 is 0. The predicted octanol–water partition coefficient (Wildman–Crippen LogP) is 6.93. The van der Waals surface area contributed by atoms with Crippen LogP contribution < -0.4 is 5.32 Å². The van der Waals surface area contributed by atoms with Crippen molar-refractivity contribution in [3.63, 3.8) is 0 Å². The van der Waals surface area contributed by atoms with Gasteiger partial charge in [-0.2, -0.15) is 0 Å². The molecule has 0 amide bonds. The molecule has 0 radical (unpaired) electrons. The minimum absolute atomic E-state index is 0.530. The van der Waals surface area contributed by atoms with Crippen LogP contribution in [0.3, 0.4) is 0 Å². The number of halogens is 2. The molecule has 20 heavy (non-hydrogen) atoms. The molecule has 0 aliphatic rings. The van der Waals surface area contributed by atoms with Crippen LogP contribution in [0.2, 0.25) is 10.0 Å². The summed E-state index contributed by atoms with van der Waals surface area (Å²) in [6.07, 6.45) is 10.2. The molecule has 0 heterocycles. The zero-order valence-electron chi connectivity index (χ0n) is 12.7. The smallest absolute Gasteiger partial charge is 0.0441 e. The third kappa shape index (κ3) is 7.40. The van der Waals surface area contributed by atoms with Gasteiger partial charge in [0.1, 0.15) is 0 Å². The molecule has 1 rings (SSSR count). The van der Waals surface area contributed by atoms with Crippen molar-refractivity contribution in [2.45, 2.75) is 71.3 Å². The van der Waals surface area contributed by atoms with Crippen molar-refractivity contribution in [2.75, 3.05) is 5.32 Å². The summed E-state index contributed by atoms with van der Waals surface area (Å²) in [5, 5.41) is 5.00. The lowest BCUT2D eigenvalue weighted by atomic mass is 10.0. The Labute approximate surface area is 134 Å². The molecule has 0 bridgehead atoms. The zero-order chi connectivity index (χ0) is 14.8. The molecule has 1 nitrogen and oxygen atoms in total. The summed E-state index contributed by atoms with van der Waals surface area (Å²) in [7, 11) is 0. The van der Waals surface area contributed by atoms with E-state index >= 15 is 0 Å². The van der Waals surface area contributed by atoms with Gasteiger partial charge in [-0.15, -0.1) is 0 Å². The van der Waals surface area contributed by atoms with Gasteiger partial charge in [-0.25, -0.2) is 0 Å². The molecule has 0 aliphatic carbocycles. The number of hydrogen-bond donors (Lipinski definition) is 1.